The Morgan fingerprint density at radius 1 is 1.29 bits per heavy atom. The average Bonchev–Trinajstić information content (AvgIpc) is 2.48. The highest BCUT2D eigenvalue weighted by Crippen LogP contribution is 2.22. The highest BCUT2D eigenvalue weighted by Gasteiger charge is 2.12. The molecular weight excluding hydrogens is 445 g/mol. The molecule has 5 heteroatoms. The summed E-state index contributed by atoms with van der Waals surface area (Å²) in [6.45, 7) is 0.625. The van der Waals surface area contributed by atoms with Crippen molar-refractivity contribution in [2.24, 2.45) is 0 Å². The minimum Gasteiger partial charge on any atom is -0.384 e. The number of halogens is 2. The molecule has 2 aromatic rings. The topological polar surface area (TPSA) is 38.3 Å². The number of amides is 1. The Morgan fingerprint density at radius 3 is 2.81 bits per heavy atom. The van der Waals surface area contributed by atoms with Gasteiger partial charge in [-0.25, -0.2) is 0 Å². The molecule has 0 saturated carbocycles. The van der Waals surface area contributed by atoms with Crippen LogP contribution in [0.5, 0.6) is 0 Å². The Labute approximate surface area is 146 Å². The van der Waals surface area contributed by atoms with E-state index >= 15 is 0 Å². The van der Waals surface area contributed by atoms with Gasteiger partial charge in [-0.05, 0) is 74.8 Å². The van der Waals surface area contributed by atoms with Crippen molar-refractivity contribution < 1.29 is 9.53 Å². The molecule has 0 aliphatic carbocycles. The lowest BCUT2D eigenvalue weighted by atomic mass is 10.1. The molecule has 0 bridgehead atoms. The first-order chi connectivity index (χ1) is 10.1. The molecular formula is C16H15BrINO2. The van der Waals surface area contributed by atoms with Crippen molar-refractivity contribution in [3.63, 3.8) is 0 Å². The van der Waals surface area contributed by atoms with Crippen molar-refractivity contribution >= 4 is 50.1 Å². The molecule has 0 fully saturated rings. The van der Waals surface area contributed by atoms with Gasteiger partial charge in [0.05, 0.1) is 12.2 Å². The van der Waals surface area contributed by atoms with Gasteiger partial charge in [-0.3, -0.25) is 4.79 Å². The molecule has 0 heterocycles. The van der Waals surface area contributed by atoms with E-state index in [1.54, 1.807) is 7.11 Å². The quantitative estimate of drug-likeness (QED) is 0.668. The fraction of sp³-hybridized carbons (Fsp3) is 0.188. The molecule has 110 valence electrons. The molecule has 0 saturated heterocycles. The van der Waals surface area contributed by atoms with E-state index in [0.29, 0.717) is 12.2 Å². The molecule has 0 atom stereocenters. The van der Waals surface area contributed by atoms with Gasteiger partial charge < -0.3 is 10.1 Å². The van der Waals surface area contributed by atoms with Crippen LogP contribution in [0.15, 0.2) is 46.9 Å². The SMILES string of the molecule is COCCc1ccccc1NC(=O)c1cc(I)ccc1Br. The zero-order valence-corrected chi connectivity index (χ0v) is 15.3. The molecule has 0 aliphatic heterocycles. The zero-order chi connectivity index (χ0) is 15.2. The summed E-state index contributed by atoms with van der Waals surface area (Å²) in [5.74, 6) is -0.120. The lowest BCUT2D eigenvalue weighted by Gasteiger charge is -2.12. The van der Waals surface area contributed by atoms with Crippen molar-refractivity contribution in [1.82, 2.24) is 0 Å². The highest BCUT2D eigenvalue weighted by atomic mass is 127. The maximum absolute atomic E-state index is 12.4. The standard InChI is InChI=1S/C16H15BrINO2/c1-21-9-8-11-4-2-3-5-15(11)19-16(20)13-10-12(18)6-7-14(13)17/h2-7,10H,8-9H2,1H3,(H,19,20). The maximum atomic E-state index is 12.4. The summed E-state index contributed by atoms with van der Waals surface area (Å²) < 4.78 is 6.91. The van der Waals surface area contributed by atoms with Crippen LogP contribution in [0.3, 0.4) is 0 Å². The van der Waals surface area contributed by atoms with Gasteiger partial charge in [0.15, 0.2) is 0 Å². The number of hydrogen-bond donors (Lipinski definition) is 1. The van der Waals surface area contributed by atoms with E-state index in [1.165, 1.54) is 0 Å². The summed E-state index contributed by atoms with van der Waals surface area (Å²) in [5, 5.41) is 2.98. The molecule has 2 aromatic carbocycles. The first-order valence-corrected chi connectivity index (χ1v) is 8.32. The Kier molecular flexibility index (Phi) is 6.20. The summed E-state index contributed by atoms with van der Waals surface area (Å²) in [4.78, 5) is 12.4. The third kappa shape index (κ3) is 4.52. The molecule has 0 radical (unpaired) electrons. The summed E-state index contributed by atoms with van der Waals surface area (Å²) in [7, 11) is 1.67. The lowest BCUT2D eigenvalue weighted by molar-refractivity contribution is 0.102. The largest absolute Gasteiger partial charge is 0.384 e. The van der Waals surface area contributed by atoms with Gasteiger partial charge in [0.1, 0.15) is 0 Å². The third-order valence-corrected chi connectivity index (χ3v) is 4.38. The number of anilines is 1. The van der Waals surface area contributed by atoms with Gasteiger partial charge in [0.25, 0.3) is 5.91 Å². The van der Waals surface area contributed by atoms with Crippen LogP contribution < -0.4 is 5.32 Å². The molecule has 0 spiro atoms. The van der Waals surface area contributed by atoms with E-state index < -0.39 is 0 Å². The van der Waals surface area contributed by atoms with E-state index in [1.807, 2.05) is 42.5 Å². The number of carbonyl (C=O) groups is 1. The van der Waals surface area contributed by atoms with Crippen molar-refractivity contribution in [2.45, 2.75) is 6.42 Å². The molecule has 1 N–H and O–H groups in total. The summed E-state index contributed by atoms with van der Waals surface area (Å²) in [5.41, 5.74) is 2.52. The van der Waals surface area contributed by atoms with Crippen LogP contribution in [0.1, 0.15) is 15.9 Å². The second kappa shape index (κ2) is 7.91. The molecule has 0 aliphatic rings. The predicted molar refractivity (Wildman–Crippen MR) is 96.8 cm³/mol. The number of hydrogen-bond acceptors (Lipinski definition) is 2. The van der Waals surface area contributed by atoms with E-state index in [9.17, 15) is 4.79 Å². The second-order valence-electron chi connectivity index (χ2n) is 4.48. The van der Waals surface area contributed by atoms with Gasteiger partial charge in [-0.2, -0.15) is 0 Å². The van der Waals surface area contributed by atoms with Gasteiger partial charge in [-0.15, -0.1) is 0 Å². The zero-order valence-electron chi connectivity index (χ0n) is 11.5. The van der Waals surface area contributed by atoms with Gasteiger partial charge in [0, 0.05) is 20.8 Å². The second-order valence-corrected chi connectivity index (χ2v) is 6.58. The predicted octanol–water partition coefficient (Wildman–Crippen LogP) is 4.49. The summed E-state index contributed by atoms with van der Waals surface area (Å²) in [6, 6.07) is 13.5. The molecule has 0 aromatic heterocycles. The van der Waals surface area contributed by atoms with E-state index in [4.69, 9.17) is 4.74 Å². The van der Waals surface area contributed by atoms with Crippen LogP contribution in [0, 0.1) is 3.57 Å². The number of carbonyl (C=O) groups excluding carboxylic acids is 1. The number of rotatable bonds is 5. The fourth-order valence-corrected chi connectivity index (χ4v) is 2.85. The molecule has 21 heavy (non-hydrogen) atoms. The van der Waals surface area contributed by atoms with Crippen LogP contribution in [0.25, 0.3) is 0 Å². The van der Waals surface area contributed by atoms with Crippen LogP contribution >= 0.6 is 38.5 Å². The summed E-state index contributed by atoms with van der Waals surface area (Å²) in [6.07, 6.45) is 0.764. The first kappa shape index (κ1) is 16.5. The van der Waals surface area contributed by atoms with Gasteiger partial charge in [0.2, 0.25) is 0 Å². The lowest BCUT2D eigenvalue weighted by Crippen LogP contribution is -2.14. The highest BCUT2D eigenvalue weighted by molar-refractivity contribution is 14.1. The Balaban J connectivity index is 2.21. The van der Waals surface area contributed by atoms with Gasteiger partial charge in [-0.1, -0.05) is 18.2 Å². The maximum Gasteiger partial charge on any atom is 0.256 e. The fourth-order valence-electron chi connectivity index (χ4n) is 1.93. The Hall–Kier alpha value is -0.920. The van der Waals surface area contributed by atoms with Crippen LogP contribution in [0.2, 0.25) is 0 Å². The van der Waals surface area contributed by atoms with Crippen molar-refractivity contribution in [3.05, 3.63) is 61.6 Å². The van der Waals surface area contributed by atoms with Crippen molar-refractivity contribution in [3.8, 4) is 0 Å². The monoisotopic (exact) mass is 459 g/mol. The van der Waals surface area contributed by atoms with Crippen LogP contribution in [0.4, 0.5) is 5.69 Å². The Bertz CT molecular complexity index is 646. The van der Waals surface area contributed by atoms with E-state index in [0.717, 1.165) is 25.7 Å². The average molecular weight is 460 g/mol. The summed E-state index contributed by atoms with van der Waals surface area (Å²) >= 11 is 5.61. The van der Waals surface area contributed by atoms with Gasteiger partial charge >= 0.3 is 0 Å². The number of para-hydroxylation sites is 1. The smallest absolute Gasteiger partial charge is 0.256 e. The van der Waals surface area contributed by atoms with Crippen molar-refractivity contribution in [1.29, 1.82) is 0 Å². The number of nitrogens with one attached hydrogen (secondary N) is 1. The minimum absolute atomic E-state index is 0.120. The molecule has 0 unspecified atom stereocenters. The van der Waals surface area contributed by atoms with E-state index in [2.05, 4.69) is 43.8 Å². The third-order valence-electron chi connectivity index (χ3n) is 3.01. The number of benzene rings is 2. The Morgan fingerprint density at radius 2 is 2.05 bits per heavy atom. The number of methoxy groups -OCH3 is 1. The van der Waals surface area contributed by atoms with E-state index in [-0.39, 0.29) is 5.91 Å². The van der Waals surface area contributed by atoms with Crippen LogP contribution in [-0.4, -0.2) is 19.6 Å². The molecule has 2 rings (SSSR count). The number of ether oxygens (including phenoxy) is 1. The minimum atomic E-state index is -0.120. The first-order valence-electron chi connectivity index (χ1n) is 6.45. The normalized spacial score (nSPS) is 10.4. The molecule has 1 amide bonds. The van der Waals surface area contributed by atoms with Crippen LogP contribution in [-0.2, 0) is 11.2 Å². The molecule has 3 nitrogen and oxygen atoms in total. The van der Waals surface area contributed by atoms with Crippen molar-refractivity contribution in [2.75, 3.05) is 19.0 Å².